The Morgan fingerprint density at radius 1 is 1.32 bits per heavy atom. The SMILES string of the molecule is C[C@](O)(CC(=O)C(=O)O)Cc1c[nH]c2ccccc12. The van der Waals surface area contributed by atoms with Gasteiger partial charge in [0.05, 0.1) is 5.60 Å². The van der Waals surface area contributed by atoms with Crippen LogP contribution in [-0.4, -0.2) is 32.6 Å². The fourth-order valence-electron chi connectivity index (χ4n) is 2.17. The minimum atomic E-state index is -1.51. The van der Waals surface area contributed by atoms with E-state index in [4.69, 9.17) is 5.11 Å². The first-order valence-corrected chi connectivity index (χ1v) is 5.92. The van der Waals surface area contributed by atoms with Crippen molar-refractivity contribution in [2.45, 2.75) is 25.4 Å². The molecule has 5 nitrogen and oxygen atoms in total. The number of rotatable bonds is 5. The van der Waals surface area contributed by atoms with Crippen molar-refractivity contribution < 1.29 is 19.8 Å². The van der Waals surface area contributed by atoms with Gasteiger partial charge in [-0.05, 0) is 18.6 Å². The molecular weight excluding hydrogens is 246 g/mol. The molecule has 0 amide bonds. The van der Waals surface area contributed by atoms with Gasteiger partial charge in [-0.2, -0.15) is 0 Å². The minimum absolute atomic E-state index is 0.218. The van der Waals surface area contributed by atoms with Gasteiger partial charge in [-0.25, -0.2) is 4.79 Å². The van der Waals surface area contributed by atoms with Gasteiger partial charge >= 0.3 is 5.97 Å². The number of aliphatic carboxylic acids is 1. The number of aromatic amines is 1. The number of H-pyrrole nitrogens is 1. The van der Waals surface area contributed by atoms with Crippen LogP contribution in [0.25, 0.3) is 10.9 Å². The van der Waals surface area contributed by atoms with Gasteiger partial charge in [-0.15, -0.1) is 0 Å². The lowest BCUT2D eigenvalue weighted by atomic mass is 9.91. The molecule has 1 heterocycles. The summed E-state index contributed by atoms with van der Waals surface area (Å²) in [5, 5.41) is 19.7. The normalized spacial score (nSPS) is 14.2. The summed E-state index contributed by atoms with van der Waals surface area (Å²) >= 11 is 0. The first-order valence-electron chi connectivity index (χ1n) is 5.92. The predicted molar refractivity (Wildman–Crippen MR) is 69.9 cm³/mol. The summed E-state index contributed by atoms with van der Waals surface area (Å²) in [6.07, 6.45) is 1.59. The summed E-state index contributed by atoms with van der Waals surface area (Å²) in [7, 11) is 0. The van der Waals surface area contributed by atoms with E-state index in [1.807, 2.05) is 24.3 Å². The van der Waals surface area contributed by atoms with Crippen molar-refractivity contribution in [3.05, 3.63) is 36.0 Å². The van der Waals surface area contributed by atoms with Crippen molar-refractivity contribution >= 4 is 22.7 Å². The van der Waals surface area contributed by atoms with Gasteiger partial charge in [0.15, 0.2) is 0 Å². The van der Waals surface area contributed by atoms with E-state index in [2.05, 4.69) is 4.98 Å². The molecule has 5 heteroatoms. The van der Waals surface area contributed by atoms with Gasteiger partial charge < -0.3 is 15.2 Å². The van der Waals surface area contributed by atoms with Crippen molar-refractivity contribution in [1.82, 2.24) is 4.98 Å². The summed E-state index contributed by atoms with van der Waals surface area (Å²) in [5.41, 5.74) is 0.428. The van der Waals surface area contributed by atoms with Gasteiger partial charge in [-0.3, -0.25) is 4.79 Å². The Kier molecular flexibility index (Phi) is 3.40. The highest BCUT2D eigenvalue weighted by atomic mass is 16.4. The number of hydrogen-bond acceptors (Lipinski definition) is 3. The molecule has 0 aliphatic rings. The third kappa shape index (κ3) is 3.00. The molecular formula is C14H15NO4. The summed E-state index contributed by atoms with van der Waals surface area (Å²) in [6, 6.07) is 7.61. The summed E-state index contributed by atoms with van der Waals surface area (Å²) in [6.45, 7) is 1.47. The van der Waals surface area contributed by atoms with Gasteiger partial charge in [0, 0.05) is 29.9 Å². The molecule has 3 N–H and O–H groups in total. The molecule has 1 aromatic heterocycles. The zero-order valence-electron chi connectivity index (χ0n) is 10.5. The number of Topliss-reactive ketones (excluding diaryl/α,β-unsaturated/α-hetero) is 1. The topological polar surface area (TPSA) is 90.4 Å². The molecule has 0 radical (unpaired) electrons. The smallest absolute Gasteiger partial charge is 0.372 e. The first kappa shape index (κ1) is 13.3. The lowest BCUT2D eigenvalue weighted by Crippen LogP contribution is -2.33. The Labute approximate surface area is 109 Å². The molecule has 0 aliphatic carbocycles. The van der Waals surface area contributed by atoms with Crippen molar-refractivity contribution in [3.63, 3.8) is 0 Å². The molecule has 0 fully saturated rings. The van der Waals surface area contributed by atoms with E-state index in [1.165, 1.54) is 6.92 Å². The van der Waals surface area contributed by atoms with Gasteiger partial charge in [0.1, 0.15) is 0 Å². The Bertz CT molecular complexity index is 627. The van der Waals surface area contributed by atoms with Crippen LogP contribution in [0.4, 0.5) is 0 Å². The maximum absolute atomic E-state index is 11.2. The van der Waals surface area contributed by atoms with Gasteiger partial charge in [-0.1, -0.05) is 18.2 Å². The second-order valence-electron chi connectivity index (χ2n) is 4.94. The summed E-state index contributed by atoms with van der Waals surface area (Å²) in [4.78, 5) is 24.8. The molecule has 0 unspecified atom stereocenters. The monoisotopic (exact) mass is 261 g/mol. The molecule has 19 heavy (non-hydrogen) atoms. The standard InChI is InChI=1S/C14H15NO4/c1-14(19,7-12(16)13(17)18)6-9-8-15-11-5-3-2-4-10(9)11/h2-5,8,15,19H,6-7H2,1H3,(H,17,18)/t14-/m1/s1. The number of fused-ring (bicyclic) bond motifs is 1. The first-order chi connectivity index (χ1) is 8.89. The average molecular weight is 261 g/mol. The lowest BCUT2D eigenvalue weighted by molar-refractivity contribution is -0.151. The number of ketones is 1. The van der Waals surface area contributed by atoms with E-state index in [1.54, 1.807) is 6.20 Å². The summed E-state index contributed by atoms with van der Waals surface area (Å²) < 4.78 is 0. The number of carboxylic acid groups (broad SMARTS) is 1. The fraction of sp³-hybridized carbons (Fsp3) is 0.286. The number of hydrogen-bond donors (Lipinski definition) is 3. The van der Waals surface area contributed by atoms with Crippen LogP contribution in [0.3, 0.4) is 0 Å². The predicted octanol–water partition coefficient (Wildman–Crippen LogP) is 1.51. The van der Waals surface area contributed by atoms with Crippen LogP contribution >= 0.6 is 0 Å². The molecule has 1 atom stereocenters. The second kappa shape index (κ2) is 4.85. The maximum atomic E-state index is 11.2. The summed E-state index contributed by atoms with van der Waals surface area (Å²) in [5.74, 6) is -2.50. The third-order valence-electron chi connectivity index (χ3n) is 3.03. The fourth-order valence-corrected chi connectivity index (χ4v) is 2.17. The van der Waals surface area contributed by atoms with Crippen LogP contribution in [0, 0.1) is 0 Å². The Morgan fingerprint density at radius 2 is 2.00 bits per heavy atom. The number of benzene rings is 1. The Balaban J connectivity index is 2.20. The molecule has 0 spiro atoms. The van der Waals surface area contributed by atoms with E-state index < -0.39 is 23.8 Å². The number of carboxylic acids is 1. The van der Waals surface area contributed by atoms with Crippen molar-refractivity contribution in [2.24, 2.45) is 0 Å². The second-order valence-corrected chi connectivity index (χ2v) is 4.94. The highest BCUT2D eigenvalue weighted by Crippen LogP contribution is 2.24. The average Bonchev–Trinajstić information content (AvgIpc) is 2.71. The van der Waals surface area contributed by atoms with Crippen LogP contribution in [0.5, 0.6) is 0 Å². The number of carbonyl (C=O) groups excluding carboxylic acids is 1. The number of aromatic nitrogens is 1. The van der Waals surface area contributed by atoms with E-state index in [9.17, 15) is 14.7 Å². The zero-order valence-corrected chi connectivity index (χ0v) is 10.5. The van der Waals surface area contributed by atoms with Crippen LogP contribution in [0.1, 0.15) is 18.9 Å². The van der Waals surface area contributed by atoms with E-state index in [-0.39, 0.29) is 6.42 Å². The quantitative estimate of drug-likeness (QED) is 0.711. The molecule has 0 saturated carbocycles. The minimum Gasteiger partial charge on any atom is -0.475 e. The molecule has 1 aromatic carbocycles. The molecule has 0 bridgehead atoms. The van der Waals surface area contributed by atoms with Crippen LogP contribution in [-0.2, 0) is 16.0 Å². The lowest BCUT2D eigenvalue weighted by Gasteiger charge is -2.21. The number of carbonyl (C=O) groups is 2. The van der Waals surface area contributed by atoms with Crippen LogP contribution < -0.4 is 0 Å². The third-order valence-corrected chi connectivity index (χ3v) is 3.03. The van der Waals surface area contributed by atoms with Crippen LogP contribution in [0.2, 0.25) is 0 Å². The number of para-hydroxylation sites is 1. The highest BCUT2D eigenvalue weighted by Gasteiger charge is 2.28. The number of aliphatic hydroxyl groups is 1. The largest absolute Gasteiger partial charge is 0.475 e. The Morgan fingerprint density at radius 3 is 2.68 bits per heavy atom. The zero-order chi connectivity index (χ0) is 14.0. The van der Waals surface area contributed by atoms with Crippen molar-refractivity contribution in [3.8, 4) is 0 Å². The molecule has 0 saturated heterocycles. The van der Waals surface area contributed by atoms with Crippen LogP contribution in [0.15, 0.2) is 30.5 Å². The maximum Gasteiger partial charge on any atom is 0.372 e. The number of nitrogens with one attached hydrogen (secondary N) is 1. The highest BCUT2D eigenvalue weighted by molar-refractivity contribution is 6.32. The molecule has 2 aromatic rings. The van der Waals surface area contributed by atoms with Gasteiger partial charge in [0.2, 0.25) is 5.78 Å². The Hall–Kier alpha value is -2.14. The van der Waals surface area contributed by atoms with E-state index >= 15 is 0 Å². The molecule has 0 aliphatic heterocycles. The van der Waals surface area contributed by atoms with E-state index in [0.717, 1.165) is 16.5 Å². The van der Waals surface area contributed by atoms with E-state index in [0.29, 0.717) is 0 Å². The molecule has 100 valence electrons. The molecule has 2 rings (SSSR count). The van der Waals surface area contributed by atoms with Crippen molar-refractivity contribution in [1.29, 1.82) is 0 Å². The van der Waals surface area contributed by atoms with Gasteiger partial charge in [0.25, 0.3) is 0 Å². The van der Waals surface area contributed by atoms with Crippen molar-refractivity contribution in [2.75, 3.05) is 0 Å².